The molecule has 51 heavy (non-hydrogen) atoms. The molecule has 0 unspecified atom stereocenters. The molecule has 0 aliphatic rings. The number of fused-ring (bicyclic) bond motifs is 6. The molecule has 240 valence electrons. The van der Waals surface area contributed by atoms with Crippen LogP contribution >= 0.6 is 15.9 Å². The Hall–Kier alpha value is -6.16. The lowest BCUT2D eigenvalue weighted by atomic mass is 9.99. The van der Waals surface area contributed by atoms with Gasteiger partial charge in [-0.25, -0.2) is 0 Å². The first-order valence-corrected chi connectivity index (χ1v) is 18.1. The van der Waals surface area contributed by atoms with Crippen molar-refractivity contribution in [2.45, 2.75) is 0 Å². The lowest BCUT2D eigenvalue weighted by molar-refractivity contribution is 1.18. The van der Waals surface area contributed by atoms with Crippen molar-refractivity contribution < 1.29 is 0 Å². The summed E-state index contributed by atoms with van der Waals surface area (Å²) in [6, 6.07) is 68.1. The molecular formula is C48H31BrN2. The Morgan fingerprint density at radius 3 is 1.29 bits per heavy atom. The van der Waals surface area contributed by atoms with Crippen LogP contribution in [0.5, 0.6) is 0 Å². The Kier molecular flexibility index (Phi) is 7.00. The summed E-state index contributed by atoms with van der Waals surface area (Å²) < 4.78 is 5.80. The van der Waals surface area contributed by atoms with E-state index in [1.807, 2.05) is 0 Å². The van der Waals surface area contributed by atoms with Crippen molar-refractivity contribution >= 4 is 59.5 Å². The molecule has 0 N–H and O–H groups in total. The molecule has 0 fully saturated rings. The molecular weight excluding hydrogens is 684 g/mol. The number of benzene rings is 8. The minimum absolute atomic E-state index is 1.05. The Bertz CT molecular complexity index is 2900. The number of hydrogen-bond acceptors (Lipinski definition) is 0. The maximum Gasteiger partial charge on any atom is 0.0541 e. The third-order valence-electron chi connectivity index (χ3n) is 10.2. The van der Waals surface area contributed by atoms with E-state index in [4.69, 9.17) is 0 Å². The number of aromatic nitrogens is 2. The normalized spacial score (nSPS) is 11.6. The van der Waals surface area contributed by atoms with Crippen LogP contribution in [0.2, 0.25) is 0 Å². The first-order chi connectivity index (χ1) is 25.2. The van der Waals surface area contributed by atoms with Crippen molar-refractivity contribution in [1.82, 2.24) is 9.13 Å². The van der Waals surface area contributed by atoms with Gasteiger partial charge in [-0.3, -0.25) is 0 Å². The number of hydrogen-bond donors (Lipinski definition) is 0. The number of rotatable bonds is 5. The summed E-state index contributed by atoms with van der Waals surface area (Å²) in [6.07, 6.45) is 0. The summed E-state index contributed by atoms with van der Waals surface area (Å²) in [4.78, 5) is 0. The van der Waals surface area contributed by atoms with Crippen molar-refractivity contribution in [2.75, 3.05) is 0 Å². The largest absolute Gasteiger partial charge is 0.309 e. The Balaban J connectivity index is 1.05. The third-order valence-corrected chi connectivity index (χ3v) is 10.6. The topological polar surface area (TPSA) is 9.86 Å². The van der Waals surface area contributed by atoms with Crippen molar-refractivity contribution in [3.8, 4) is 44.8 Å². The van der Waals surface area contributed by atoms with Gasteiger partial charge in [0.15, 0.2) is 0 Å². The van der Waals surface area contributed by atoms with Crippen molar-refractivity contribution in [3.05, 3.63) is 193 Å². The first-order valence-electron chi connectivity index (χ1n) is 17.3. The number of halogens is 1. The predicted octanol–water partition coefficient (Wildman–Crippen LogP) is 13.6. The van der Waals surface area contributed by atoms with Gasteiger partial charge in [0, 0.05) is 37.4 Å². The van der Waals surface area contributed by atoms with Crippen LogP contribution in [0.15, 0.2) is 193 Å². The first kappa shape index (κ1) is 29.7. The van der Waals surface area contributed by atoms with Gasteiger partial charge >= 0.3 is 0 Å². The second kappa shape index (κ2) is 12.0. The van der Waals surface area contributed by atoms with E-state index in [2.05, 4.69) is 213 Å². The van der Waals surface area contributed by atoms with Crippen molar-refractivity contribution in [2.24, 2.45) is 0 Å². The number of nitrogens with zero attached hydrogens (tertiary/aromatic N) is 2. The molecule has 2 heterocycles. The van der Waals surface area contributed by atoms with Gasteiger partial charge in [-0.2, -0.15) is 0 Å². The fourth-order valence-corrected chi connectivity index (χ4v) is 8.28. The SMILES string of the molecule is Brc1cc(-c2ccc(-c3ccc4c(c3)c3ccccc3n4-c3ccccc3)cc2)cc(-n2c3ccccc3c3cc(-c4ccccc4)ccc32)c1. The molecule has 0 saturated heterocycles. The smallest absolute Gasteiger partial charge is 0.0541 e. The van der Waals surface area contributed by atoms with Crippen LogP contribution in [0, 0.1) is 0 Å². The number of para-hydroxylation sites is 3. The minimum atomic E-state index is 1.05. The maximum absolute atomic E-state index is 3.86. The molecule has 0 radical (unpaired) electrons. The summed E-state index contributed by atoms with van der Waals surface area (Å²) in [6.45, 7) is 0. The van der Waals surface area contributed by atoms with E-state index in [1.54, 1.807) is 0 Å². The van der Waals surface area contributed by atoms with E-state index in [-0.39, 0.29) is 0 Å². The molecule has 0 atom stereocenters. The van der Waals surface area contributed by atoms with Gasteiger partial charge in [-0.15, -0.1) is 0 Å². The minimum Gasteiger partial charge on any atom is -0.309 e. The van der Waals surface area contributed by atoms with Gasteiger partial charge in [0.1, 0.15) is 0 Å². The average molecular weight is 716 g/mol. The molecule has 2 nitrogen and oxygen atoms in total. The van der Waals surface area contributed by atoms with Crippen LogP contribution in [0.1, 0.15) is 0 Å². The molecule has 3 heteroatoms. The zero-order valence-electron chi connectivity index (χ0n) is 27.7. The van der Waals surface area contributed by atoms with E-state index in [0.29, 0.717) is 0 Å². The van der Waals surface area contributed by atoms with E-state index >= 15 is 0 Å². The highest BCUT2D eigenvalue weighted by Crippen LogP contribution is 2.38. The molecule has 10 aromatic rings. The summed E-state index contributed by atoms with van der Waals surface area (Å²) in [5, 5.41) is 5.02. The summed E-state index contributed by atoms with van der Waals surface area (Å²) in [5.74, 6) is 0. The lowest BCUT2D eigenvalue weighted by Crippen LogP contribution is -1.95. The van der Waals surface area contributed by atoms with Crippen LogP contribution in [0.25, 0.3) is 88.4 Å². The highest BCUT2D eigenvalue weighted by molar-refractivity contribution is 9.10. The molecule has 8 aromatic carbocycles. The highest BCUT2D eigenvalue weighted by atomic mass is 79.9. The zero-order valence-corrected chi connectivity index (χ0v) is 29.3. The van der Waals surface area contributed by atoms with Crippen LogP contribution in [-0.2, 0) is 0 Å². The summed E-state index contributed by atoms with van der Waals surface area (Å²) in [5.41, 5.74) is 14.3. The van der Waals surface area contributed by atoms with E-state index in [9.17, 15) is 0 Å². The highest BCUT2D eigenvalue weighted by Gasteiger charge is 2.16. The van der Waals surface area contributed by atoms with Gasteiger partial charge in [0.2, 0.25) is 0 Å². The van der Waals surface area contributed by atoms with Gasteiger partial charge < -0.3 is 9.13 Å². The molecule has 0 amide bonds. The molecule has 2 aromatic heterocycles. The van der Waals surface area contributed by atoms with Crippen LogP contribution in [-0.4, -0.2) is 9.13 Å². The quantitative estimate of drug-likeness (QED) is 0.168. The fraction of sp³-hybridized carbons (Fsp3) is 0. The third kappa shape index (κ3) is 5.00. The second-order valence-electron chi connectivity index (χ2n) is 13.1. The molecule has 0 aliphatic heterocycles. The molecule has 10 rings (SSSR count). The van der Waals surface area contributed by atoms with Gasteiger partial charge in [-0.05, 0) is 100 Å². The summed E-state index contributed by atoms with van der Waals surface area (Å²) >= 11 is 3.86. The molecule has 0 saturated carbocycles. The summed E-state index contributed by atoms with van der Waals surface area (Å²) in [7, 11) is 0. The standard InChI is InChI=1S/C48H31BrN2/c49-38-27-37(28-40(31-38)51-46-18-10-8-16-42(46)44-29-35(23-26-48(44)51)32-11-3-1-4-12-32)34-21-19-33(20-22-34)36-24-25-47-43(30-36)41-15-7-9-17-45(41)50(47)39-13-5-2-6-14-39/h1-31H. The van der Waals surface area contributed by atoms with Gasteiger partial charge in [0.05, 0.1) is 22.1 Å². The van der Waals surface area contributed by atoms with E-state index in [1.165, 1.54) is 82.7 Å². The molecule has 0 bridgehead atoms. The van der Waals surface area contributed by atoms with Gasteiger partial charge in [0.25, 0.3) is 0 Å². The Morgan fingerprint density at radius 1 is 0.275 bits per heavy atom. The van der Waals surface area contributed by atoms with Crippen molar-refractivity contribution in [3.63, 3.8) is 0 Å². The second-order valence-corrected chi connectivity index (χ2v) is 14.1. The molecule has 0 spiro atoms. The lowest BCUT2D eigenvalue weighted by Gasteiger charge is -2.12. The van der Waals surface area contributed by atoms with Crippen molar-refractivity contribution in [1.29, 1.82) is 0 Å². The zero-order chi connectivity index (χ0) is 33.9. The fourth-order valence-electron chi connectivity index (χ4n) is 7.79. The van der Waals surface area contributed by atoms with Crippen LogP contribution in [0.4, 0.5) is 0 Å². The average Bonchev–Trinajstić information content (AvgIpc) is 3.71. The Labute approximate surface area is 304 Å². The monoisotopic (exact) mass is 714 g/mol. The van der Waals surface area contributed by atoms with E-state index < -0.39 is 0 Å². The van der Waals surface area contributed by atoms with Gasteiger partial charge in [-0.1, -0.05) is 137 Å². The van der Waals surface area contributed by atoms with Crippen LogP contribution in [0.3, 0.4) is 0 Å². The Morgan fingerprint density at radius 2 is 0.706 bits per heavy atom. The maximum atomic E-state index is 3.86. The van der Waals surface area contributed by atoms with E-state index in [0.717, 1.165) is 10.2 Å². The molecule has 0 aliphatic carbocycles. The predicted molar refractivity (Wildman–Crippen MR) is 219 cm³/mol. The van der Waals surface area contributed by atoms with Crippen LogP contribution < -0.4 is 0 Å².